The molecule has 2 amide bonds. The van der Waals surface area contributed by atoms with Crippen molar-refractivity contribution in [2.24, 2.45) is 16.8 Å². The van der Waals surface area contributed by atoms with Gasteiger partial charge in [0, 0.05) is 18.8 Å². The highest BCUT2D eigenvalue weighted by Gasteiger charge is 2.21. The third kappa shape index (κ3) is 9.13. The summed E-state index contributed by atoms with van der Waals surface area (Å²) in [6.07, 6.45) is 10.8. The van der Waals surface area contributed by atoms with Crippen molar-refractivity contribution >= 4 is 23.5 Å². The number of urea groups is 1. The third-order valence-electron chi connectivity index (χ3n) is 5.96. The number of nitrogens with zero attached hydrogens (tertiary/aromatic N) is 2. The zero-order valence-electron chi connectivity index (χ0n) is 19.7. The minimum absolute atomic E-state index is 0.0650. The number of unbranched alkanes of at least 4 members (excludes halogenated alkanes) is 2. The number of aryl methyl sites for hydroxylation is 1. The zero-order chi connectivity index (χ0) is 22.4. The van der Waals surface area contributed by atoms with Gasteiger partial charge in [0.2, 0.25) is 6.08 Å². The van der Waals surface area contributed by atoms with E-state index in [1.807, 2.05) is 24.0 Å². The summed E-state index contributed by atoms with van der Waals surface area (Å²) in [5.74, 6) is 1.04. The first-order valence-electron chi connectivity index (χ1n) is 11.7. The van der Waals surface area contributed by atoms with Crippen LogP contribution >= 0.6 is 0 Å². The normalized spacial score (nSPS) is 12.7. The quantitative estimate of drug-likeness (QED) is 0.257. The van der Waals surface area contributed by atoms with E-state index in [4.69, 9.17) is 0 Å². The number of carbonyl (C=O) groups excluding carboxylic acids is 2. The number of anilines is 1. The molecule has 0 saturated heterocycles. The SMILES string of the molecule is CCCCC(CC)CN(CC(CC)CCCC)C(=O)Nc1ccc(C)c(N=C=O)c1. The number of rotatable bonds is 14. The molecular weight excluding hydrogens is 374 g/mol. The molecule has 0 aliphatic rings. The van der Waals surface area contributed by atoms with Gasteiger partial charge >= 0.3 is 6.03 Å². The van der Waals surface area contributed by atoms with Crippen molar-refractivity contribution in [1.82, 2.24) is 4.90 Å². The number of carbonyl (C=O) groups is 1. The second kappa shape index (κ2) is 14.8. The maximum Gasteiger partial charge on any atom is 0.321 e. The predicted octanol–water partition coefficient (Wildman–Crippen LogP) is 7.23. The summed E-state index contributed by atoms with van der Waals surface area (Å²) in [6.45, 7) is 12.3. The molecule has 168 valence electrons. The van der Waals surface area contributed by atoms with E-state index >= 15 is 0 Å². The molecule has 0 aliphatic carbocycles. The Balaban J connectivity index is 2.98. The fourth-order valence-electron chi connectivity index (χ4n) is 3.76. The zero-order valence-corrected chi connectivity index (χ0v) is 19.7. The van der Waals surface area contributed by atoms with Crippen LogP contribution in [0.15, 0.2) is 23.2 Å². The van der Waals surface area contributed by atoms with Gasteiger partial charge in [-0.2, -0.15) is 4.99 Å². The molecule has 2 unspecified atom stereocenters. The Hall–Kier alpha value is -2.13. The van der Waals surface area contributed by atoms with Gasteiger partial charge in [0.25, 0.3) is 0 Å². The lowest BCUT2D eigenvalue weighted by atomic mass is 9.96. The largest absolute Gasteiger partial charge is 0.324 e. The highest BCUT2D eigenvalue weighted by Crippen LogP contribution is 2.24. The van der Waals surface area contributed by atoms with Crippen molar-refractivity contribution in [3.63, 3.8) is 0 Å². The molecule has 1 aromatic carbocycles. The molecule has 30 heavy (non-hydrogen) atoms. The van der Waals surface area contributed by atoms with Crippen molar-refractivity contribution in [2.45, 2.75) is 86.0 Å². The Labute approximate surface area is 183 Å². The van der Waals surface area contributed by atoms with Crippen LogP contribution in [0.25, 0.3) is 0 Å². The maximum atomic E-state index is 13.2. The molecule has 2 atom stereocenters. The van der Waals surface area contributed by atoms with E-state index in [9.17, 15) is 9.59 Å². The molecule has 1 rings (SSSR count). The Bertz CT molecular complexity index is 665. The maximum absolute atomic E-state index is 13.2. The number of hydrogen-bond acceptors (Lipinski definition) is 3. The van der Waals surface area contributed by atoms with Crippen molar-refractivity contribution in [2.75, 3.05) is 18.4 Å². The number of nitrogens with one attached hydrogen (secondary N) is 1. The molecule has 1 aromatic rings. The third-order valence-corrected chi connectivity index (χ3v) is 5.96. The first-order chi connectivity index (χ1) is 14.5. The van der Waals surface area contributed by atoms with Gasteiger partial charge < -0.3 is 10.2 Å². The van der Waals surface area contributed by atoms with Crippen LogP contribution in [0.2, 0.25) is 0 Å². The van der Waals surface area contributed by atoms with Crippen molar-refractivity contribution in [1.29, 1.82) is 0 Å². The Morgan fingerprint density at radius 2 is 1.60 bits per heavy atom. The lowest BCUT2D eigenvalue weighted by molar-refractivity contribution is 0.181. The van der Waals surface area contributed by atoms with E-state index in [0.717, 1.165) is 44.3 Å². The molecule has 0 saturated carbocycles. The Morgan fingerprint density at radius 3 is 2.07 bits per heavy atom. The number of amides is 2. The molecule has 1 N–H and O–H groups in total. The van der Waals surface area contributed by atoms with Crippen LogP contribution in [0, 0.1) is 18.8 Å². The highest BCUT2D eigenvalue weighted by molar-refractivity contribution is 5.90. The standard InChI is InChI=1S/C25H41N3O2/c1-6-10-12-21(8-3)17-28(18-22(9-4)13-11-7-2)25(30)27-23-15-14-20(5)24(16-23)26-19-29/h14-16,21-22H,6-13,17-18H2,1-5H3,(H,27,30). The van der Waals surface area contributed by atoms with Crippen molar-refractivity contribution < 1.29 is 9.59 Å². The summed E-state index contributed by atoms with van der Waals surface area (Å²) in [4.78, 5) is 29.6. The van der Waals surface area contributed by atoms with Gasteiger partial charge in [-0.25, -0.2) is 9.59 Å². The first-order valence-corrected chi connectivity index (χ1v) is 11.7. The molecule has 0 fully saturated rings. The monoisotopic (exact) mass is 415 g/mol. The van der Waals surface area contributed by atoms with Gasteiger partial charge in [0.1, 0.15) is 0 Å². The minimum Gasteiger partial charge on any atom is -0.324 e. The van der Waals surface area contributed by atoms with E-state index in [0.29, 0.717) is 23.2 Å². The Morgan fingerprint density at radius 1 is 1.03 bits per heavy atom. The summed E-state index contributed by atoms with van der Waals surface area (Å²) >= 11 is 0. The summed E-state index contributed by atoms with van der Waals surface area (Å²) in [5.41, 5.74) is 2.08. The number of isocyanates is 1. The molecule has 5 nitrogen and oxygen atoms in total. The van der Waals surface area contributed by atoms with Crippen LogP contribution in [0.1, 0.15) is 84.6 Å². The van der Waals surface area contributed by atoms with Crippen LogP contribution in [0.3, 0.4) is 0 Å². The van der Waals surface area contributed by atoms with E-state index in [2.05, 4.69) is 38.0 Å². The van der Waals surface area contributed by atoms with Crippen LogP contribution in [-0.4, -0.2) is 30.1 Å². The van der Waals surface area contributed by atoms with Crippen LogP contribution in [0.5, 0.6) is 0 Å². The molecule has 0 aromatic heterocycles. The fraction of sp³-hybridized carbons (Fsp3) is 0.680. The molecule has 0 spiro atoms. The molecular formula is C25H41N3O2. The van der Waals surface area contributed by atoms with Gasteiger partial charge in [-0.15, -0.1) is 0 Å². The summed E-state index contributed by atoms with van der Waals surface area (Å²) in [6, 6.07) is 5.39. The first kappa shape index (κ1) is 25.9. The highest BCUT2D eigenvalue weighted by atomic mass is 16.2. The van der Waals surface area contributed by atoms with Crippen LogP contribution in [-0.2, 0) is 4.79 Å². The van der Waals surface area contributed by atoms with E-state index in [-0.39, 0.29) is 6.03 Å². The van der Waals surface area contributed by atoms with E-state index in [1.165, 1.54) is 25.7 Å². The lowest BCUT2D eigenvalue weighted by Crippen LogP contribution is -2.41. The summed E-state index contributed by atoms with van der Waals surface area (Å²) in [5, 5.41) is 3.04. The fourth-order valence-corrected chi connectivity index (χ4v) is 3.76. The summed E-state index contributed by atoms with van der Waals surface area (Å²) < 4.78 is 0. The van der Waals surface area contributed by atoms with Gasteiger partial charge in [-0.05, 0) is 49.3 Å². The Kier molecular flexibility index (Phi) is 12.8. The van der Waals surface area contributed by atoms with E-state index in [1.54, 1.807) is 12.1 Å². The molecule has 5 heteroatoms. The topological polar surface area (TPSA) is 61.8 Å². The second-order valence-electron chi connectivity index (χ2n) is 8.37. The second-order valence-corrected chi connectivity index (χ2v) is 8.37. The smallest absolute Gasteiger partial charge is 0.321 e. The van der Waals surface area contributed by atoms with Gasteiger partial charge in [0.05, 0.1) is 5.69 Å². The molecule has 0 aliphatic heterocycles. The average Bonchev–Trinajstić information content (AvgIpc) is 2.75. The number of aliphatic imine (C=N–C) groups is 1. The minimum atomic E-state index is -0.0650. The van der Waals surface area contributed by atoms with Crippen molar-refractivity contribution in [3.05, 3.63) is 23.8 Å². The predicted molar refractivity (Wildman–Crippen MR) is 126 cm³/mol. The number of benzene rings is 1. The lowest BCUT2D eigenvalue weighted by Gasteiger charge is -2.31. The van der Waals surface area contributed by atoms with Crippen molar-refractivity contribution in [3.8, 4) is 0 Å². The van der Waals surface area contributed by atoms with E-state index < -0.39 is 0 Å². The molecule has 0 radical (unpaired) electrons. The molecule has 0 bridgehead atoms. The van der Waals surface area contributed by atoms with Gasteiger partial charge in [-0.1, -0.05) is 72.3 Å². The molecule has 0 heterocycles. The van der Waals surface area contributed by atoms with Gasteiger partial charge in [0.15, 0.2) is 0 Å². The number of hydrogen-bond donors (Lipinski definition) is 1. The van der Waals surface area contributed by atoms with Gasteiger partial charge in [-0.3, -0.25) is 0 Å². The average molecular weight is 416 g/mol. The summed E-state index contributed by atoms with van der Waals surface area (Å²) in [7, 11) is 0. The van der Waals surface area contributed by atoms with Crippen LogP contribution in [0.4, 0.5) is 16.2 Å². The van der Waals surface area contributed by atoms with Crippen LogP contribution < -0.4 is 5.32 Å².